The van der Waals surface area contributed by atoms with Crippen molar-refractivity contribution in [2.45, 2.75) is 32.0 Å². The molecule has 0 saturated carbocycles. The Morgan fingerprint density at radius 3 is 2.92 bits per heavy atom. The number of alkyl halides is 3. The molecular weight excluding hydrogens is 347 g/mol. The van der Waals surface area contributed by atoms with Gasteiger partial charge in [-0.05, 0) is 32.4 Å². The summed E-state index contributed by atoms with van der Waals surface area (Å²) in [6.45, 7) is 1.77. The Balaban J connectivity index is 1.95. The fourth-order valence-corrected chi connectivity index (χ4v) is 2.85. The molecule has 0 aliphatic carbocycles. The second kappa shape index (κ2) is 8.02. The number of hydrogen-bond donors (Lipinski definition) is 1. The standard InChI is InChI=1S/C15H19ClF3N3O2/c1-2-24-14-12(16)6-10(7-20-14)13(23)21-11-4-3-5-22(8-11)9-15(17,18)19/h6-7,11H,2-5,8-9H2,1H3,(H,21,23). The predicted molar refractivity (Wildman–Crippen MR) is 83.4 cm³/mol. The van der Waals surface area contributed by atoms with Crippen LogP contribution in [0.15, 0.2) is 12.3 Å². The average molecular weight is 366 g/mol. The highest BCUT2D eigenvalue weighted by molar-refractivity contribution is 6.32. The second-order valence-corrected chi connectivity index (χ2v) is 6.01. The number of amides is 1. The Morgan fingerprint density at radius 2 is 2.29 bits per heavy atom. The van der Waals surface area contributed by atoms with E-state index in [0.29, 0.717) is 26.0 Å². The smallest absolute Gasteiger partial charge is 0.401 e. The van der Waals surface area contributed by atoms with Crippen molar-refractivity contribution in [3.8, 4) is 5.88 Å². The number of nitrogens with one attached hydrogen (secondary N) is 1. The minimum Gasteiger partial charge on any atom is -0.477 e. The maximum absolute atomic E-state index is 12.5. The first-order valence-electron chi connectivity index (χ1n) is 7.67. The molecule has 1 aromatic rings. The van der Waals surface area contributed by atoms with Crippen molar-refractivity contribution in [2.24, 2.45) is 0 Å². The lowest BCUT2D eigenvalue weighted by molar-refractivity contribution is -0.148. The van der Waals surface area contributed by atoms with Gasteiger partial charge >= 0.3 is 6.18 Å². The van der Waals surface area contributed by atoms with Crippen LogP contribution in [0.3, 0.4) is 0 Å². The minimum atomic E-state index is -4.24. The van der Waals surface area contributed by atoms with Gasteiger partial charge in [0.25, 0.3) is 5.91 Å². The van der Waals surface area contributed by atoms with Crippen LogP contribution in [0.4, 0.5) is 13.2 Å². The van der Waals surface area contributed by atoms with Gasteiger partial charge in [-0.3, -0.25) is 9.69 Å². The third-order valence-corrected chi connectivity index (χ3v) is 3.87. The molecule has 1 aromatic heterocycles. The molecule has 134 valence electrons. The zero-order valence-electron chi connectivity index (χ0n) is 13.2. The first-order valence-corrected chi connectivity index (χ1v) is 8.04. The van der Waals surface area contributed by atoms with Crippen molar-refractivity contribution in [3.05, 3.63) is 22.8 Å². The zero-order valence-corrected chi connectivity index (χ0v) is 14.0. The highest BCUT2D eigenvalue weighted by Gasteiger charge is 2.33. The van der Waals surface area contributed by atoms with Crippen LogP contribution in [0.2, 0.25) is 5.02 Å². The van der Waals surface area contributed by atoms with E-state index in [0.717, 1.165) is 0 Å². The van der Waals surface area contributed by atoms with E-state index in [1.54, 1.807) is 6.92 Å². The van der Waals surface area contributed by atoms with E-state index in [-0.39, 0.29) is 29.1 Å². The number of halogens is 4. The summed E-state index contributed by atoms with van der Waals surface area (Å²) in [6.07, 6.45) is -1.66. The van der Waals surface area contributed by atoms with E-state index in [1.165, 1.54) is 17.2 Å². The van der Waals surface area contributed by atoms with Gasteiger partial charge in [0, 0.05) is 18.8 Å². The fraction of sp³-hybridized carbons (Fsp3) is 0.600. The maximum atomic E-state index is 12.5. The van der Waals surface area contributed by atoms with Gasteiger partial charge in [0.05, 0.1) is 18.7 Å². The molecule has 0 aromatic carbocycles. The normalized spacial score (nSPS) is 19.1. The van der Waals surface area contributed by atoms with Crippen LogP contribution in [0.5, 0.6) is 5.88 Å². The van der Waals surface area contributed by atoms with E-state index < -0.39 is 18.6 Å². The summed E-state index contributed by atoms with van der Waals surface area (Å²) in [6, 6.07) is 1.10. The van der Waals surface area contributed by atoms with Crippen molar-refractivity contribution in [3.63, 3.8) is 0 Å². The highest BCUT2D eigenvalue weighted by Crippen LogP contribution is 2.23. The van der Waals surface area contributed by atoms with Crippen molar-refractivity contribution < 1.29 is 22.7 Å². The van der Waals surface area contributed by atoms with E-state index in [4.69, 9.17) is 16.3 Å². The molecule has 1 fully saturated rings. The van der Waals surface area contributed by atoms with Crippen LogP contribution in [0.1, 0.15) is 30.1 Å². The molecule has 5 nitrogen and oxygen atoms in total. The Hall–Kier alpha value is -1.54. The molecule has 1 atom stereocenters. The summed E-state index contributed by atoms with van der Waals surface area (Å²) in [4.78, 5) is 17.5. The van der Waals surface area contributed by atoms with Gasteiger partial charge in [-0.25, -0.2) is 4.98 Å². The van der Waals surface area contributed by atoms with Crippen LogP contribution in [-0.2, 0) is 0 Å². The van der Waals surface area contributed by atoms with Crippen LogP contribution >= 0.6 is 11.6 Å². The summed E-state index contributed by atoms with van der Waals surface area (Å²) in [5.74, 6) is -0.170. The second-order valence-electron chi connectivity index (χ2n) is 5.61. The fourth-order valence-electron chi connectivity index (χ4n) is 2.63. The number of rotatable bonds is 5. The molecule has 1 unspecified atom stereocenters. The van der Waals surface area contributed by atoms with Gasteiger partial charge in [0.2, 0.25) is 5.88 Å². The monoisotopic (exact) mass is 365 g/mol. The van der Waals surface area contributed by atoms with Crippen LogP contribution in [0.25, 0.3) is 0 Å². The number of piperidine rings is 1. The predicted octanol–water partition coefficient (Wildman–Crippen LogP) is 2.89. The molecular formula is C15H19ClF3N3O2. The Bertz CT molecular complexity index is 584. The van der Waals surface area contributed by atoms with E-state index in [9.17, 15) is 18.0 Å². The number of ether oxygens (including phenoxy) is 1. The molecule has 24 heavy (non-hydrogen) atoms. The van der Waals surface area contributed by atoms with Gasteiger partial charge in [-0.1, -0.05) is 11.6 Å². The van der Waals surface area contributed by atoms with Crippen LogP contribution in [-0.4, -0.2) is 54.3 Å². The van der Waals surface area contributed by atoms with Gasteiger partial charge in [-0.2, -0.15) is 13.2 Å². The molecule has 1 aliphatic heterocycles. The molecule has 2 rings (SSSR count). The topological polar surface area (TPSA) is 54.5 Å². The lowest BCUT2D eigenvalue weighted by Crippen LogP contribution is -2.50. The Kier molecular flexibility index (Phi) is 6.28. The first kappa shape index (κ1) is 18.8. The molecule has 0 radical (unpaired) electrons. The van der Waals surface area contributed by atoms with Crippen LogP contribution < -0.4 is 10.1 Å². The Morgan fingerprint density at radius 1 is 1.54 bits per heavy atom. The molecule has 2 heterocycles. The molecule has 1 saturated heterocycles. The lowest BCUT2D eigenvalue weighted by atomic mass is 10.1. The number of carbonyl (C=O) groups is 1. The minimum absolute atomic E-state index is 0.170. The summed E-state index contributed by atoms with van der Waals surface area (Å²) in [5.41, 5.74) is 0.247. The van der Waals surface area contributed by atoms with Crippen molar-refractivity contribution in [1.82, 2.24) is 15.2 Å². The summed E-state index contributed by atoms with van der Waals surface area (Å²) < 4.78 is 42.6. The van der Waals surface area contributed by atoms with Gasteiger partial charge in [0.1, 0.15) is 5.02 Å². The zero-order chi connectivity index (χ0) is 17.7. The SMILES string of the molecule is CCOc1ncc(C(=O)NC2CCCN(CC(F)(F)F)C2)cc1Cl. The third-order valence-electron chi connectivity index (χ3n) is 3.59. The summed E-state index contributed by atoms with van der Waals surface area (Å²) in [5, 5.41) is 2.96. The van der Waals surface area contributed by atoms with Gasteiger partial charge in [-0.15, -0.1) is 0 Å². The van der Waals surface area contributed by atoms with E-state index >= 15 is 0 Å². The van der Waals surface area contributed by atoms with Gasteiger partial charge < -0.3 is 10.1 Å². The third kappa shape index (κ3) is 5.52. The maximum Gasteiger partial charge on any atom is 0.401 e. The van der Waals surface area contributed by atoms with E-state index in [1.807, 2.05) is 0 Å². The number of carbonyl (C=O) groups excluding carboxylic acids is 1. The van der Waals surface area contributed by atoms with Crippen molar-refractivity contribution in [1.29, 1.82) is 0 Å². The van der Waals surface area contributed by atoms with Crippen LogP contribution in [0, 0.1) is 0 Å². The summed E-state index contributed by atoms with van der Waals surface area (Å²) in [7, 11) is 0. The summed E-state index contributed by atoms with van der Waals surface area (Å²) >= 11 is 5.99. The molecule has 1 amide bonds. The molecule has 9 heteroatoms. The van der Waals surface area contributed by atoms with E-state index in [2.05, 4.69) is 10.3 Å². The number of pyridine rings is 1. The Labute approximate surface area is 143 Å². The largest absolute Gasteiger partial charge is 0.477 e. The molecule has 0 spiro atoms. The van der Waals surface area contributed by atoms with Gasteiger partial charge in [0.15, 0.2) is 0 Å². The van der Waals surface area contributed by atoms with Crippen molar-refractivity contribution >= 4 is 17.5 Å². The average Bonchev–Trinajstić information content (AvgIpc) is 2.48. The first-order chi connectivity index (χ1) is 11.3. The number of aromatic nitrogens is 1. The number of hydrogen-bond acceptors (Lipinski definition) is 4. The lowest BCUT2D eigenvalue weighted by Gasteiger charge is -2.33. The number of nitrogens with zero attached hydrogens (tertiary/aromatic N) is 2. The highest BCUT2D eigenvalue weighted by atomic mass is 35.5. The number of likely N-dealkylation sites (tertiary alicyclic amines) is 1. The quantitative estimate of drug-likeness (QED) is 0.871. The molecule has 1 N–H and O–H groups in total. The molecule has 1 aliphatic rings. The van der Waals surface area contributed by atoms with Crippen molar-refractivity contribution in [2.75, 3.05) is 26.2 Å². The molecule has 0 bridgehead atoms.